The van der Waals surface area contributed by atoms with E-state index in [0.29, 0.717) is 24.1 Å². The first-order valence-corrected chi connectivity index (χ1v) is 9.12. The average Bonchev–Trinajstić information content (AvgIpc) is 3.20. The van der Waals surface area contributed by atoms with Crippen molar-refractivity contribution < 1.29 is 18.3 Å². The summed E-state index contributed by atoms with van der Waals surface area (Å²) in [6.07, 6.45) is 1.20. The number of benzene rings is 1. The maximum atomic E-state index is 12.3. The van der Waals surface area contributed by atoms with Crippen LogP contribution in [0.5, 0.6) is 0 Å². The highest BCUT2D eigenvalue weighted by Gasteiger charge is 2.51. The molecule has 0 amide bonds. The largest absolute Gasteiger partial charge is 0.481 e. The molecule has 1 fully saturated rings. The predicted octanol–water partition coefficient (Wildman–Crippen LogP) is 2.97. The summed E-state index contributed by atoms with van der Waals surface area (Å²) in [5, 5.41) is 11.1. The number of carboxylic acid groups (broad SMARTS) is 1. The van der Waals surface area contributed by atoms with Gasteiger partial charge in [0.15, 0.2) is 0 Å². The fourth-order valence-corrected chi connectivity index (χ4v) is 4.24. The molecule has 0 aliphatic heterocycles. The van der Waals surface area contributed by atoms with Crippen LogP contribution in [0.3, 0.4) is 0 Å². The number of hydrogen-bond donors (Lipinski definition) is 2. The molecule has 1 aliphatic carbocycles. The number of aryl methyl sites for hydroxylation is 1. The van der Waals surface area contributed by atoms with Gasteiger partial charge in [0, 0.05) is 4.88 Å². The third-order valence-corrected chi connectivity index (χ3v) is 6.21. The highest BCUT2D eigenvalue weighted by molar-refractivity contribution is 7.92. The lowest BCUT2D eigenvalue weighted by Gasteiger charge is -2.12. The molecule has 7 heteroatoms. The van der Waals surface area contributed by atoms with Gasteiger partial charge < -0.3 is 5.11 Å². The van der Waals surface area contributed by atoms with Gasteiger partial charge >= 0.3 is 5.97 Å². The van der Waals surface area contributed by atoms with Crippen LogP contribution in [0.2, 0.25) is 0 Å². The van der Waals surface area contributed by atoms with Crippen molar-refractivity contribution in [2.45, 2.75) is 30.1 Å². The zero-order chi connectivity index (χ0) is 16.0. The molecule has 0 spiro atoms. The van der Waals surface area contributed by atoms with E-state index < -0.39 is 21.4 Å². The summed E-state index contributed by atoms with van der Waals surface area (Å²) in [4.78, 5) is 12.3. The van der Waals surface area contributed by atoms with Crippen molar-refractivity contribution in [3.63, 3.8) is 0 Å². The number of carboxylic acids is 1. The maximum absolute atomic E-state index is 12.3. The van der Waals surface area contributed by atoms with Gasteiger partial charge in [-0.05, 0) is 48.9 Å². The Morgan fingerprint density at radius 3 is 2.32 bits per heavy atom. The lowest BCUT2D eigenvalue weighted by molar-refractivity contribution is -0.140. The first kappa shape index (κ1) is 15.1. The highest BCUT2D eigenvalue weighted by Crippen LogP contribution is 2.48. The smallest absolute Gasteiger partial charge is 0.314 e. The molecule has 22 heavy (non-hydrogen) atoms. The molecule has 1 aliphatic rings. The number of carbonyl (C=O) groups is 1. The molecule has 2 aromatic rings. The molecule has 0 atom stereocenters. The molecule has 0 unspecified atom stereocenters. The van der Waals surface area contributed by atoms with Gasteiger partial charge in [0.2, 0.25) is 0 Å². The van der Waals surface area contributed by atoms with E-state index in [1.54, 1.807) is 18.2 Å². The third kappa shape index (κ3) is 2.50. The molecule has 0 radical (unpaired) electrons. The van der Waals surface area contributed by atoms with Crippen molar-refractivity contribution in [1.82, 2.24) is 0 Å². The van der Waals surface area contributed by atoms with E-state index in [4.69, 9.17) is 0 Å². The van der Waals surface area contributed by atoms with Gasteiger partial charge in [-0.2, -0.15) is 0 Å². The van der Waals surface area contributed by atoms with Crippen LogP contribution in [0.25, 0.3) is 0 Å². The molecule has 5 nitrogen and oxygen atoms in total. The molecule has 2 N–H and O–H groups in total. The van der Waals surface area contributed by atoms with Crippen LogP contribution in [-0.2, 0) is 20.2 Å². The van der Waals surface area contributed by atoms with Gasteiger partial charge in [-0.3, -0.25) is 9.52 Å². The van der Waals surface area contributed by atoms with Crippen LogP contribution < -0.4 is 4.72 Å². The monoisotopic (exact) mass is 337 g/mol. The van der Waals surface area contributed by atoms with Crippen molar-refractivity contribution in [2.75, 3.05) is 4.72 Å². The zero-order valence-electron chi connectivity index (χ0n) is 11.9. The van der Waals surface area contributed by atoms with E-state index in [0.717, 1.165) is 4.88 Å². The minimum absolute atomic E-state index is 0.128. The average molecular weight is 337 g/mol. The Hall–Kier alpha value is -1.86. The predicted molar refractivity (Wildman–Crippen MR) is 84.9 cm³/mol. The summed E-state index contributed by atoms with van der Waals surface area (Å²) >= 11 is 1.47. The van der Waals surface area contributed by atoms with Gasteiger partial charge in [-0.25, -0.2) is 8.42 Å². The number of nitrogens with one attached hydrogen (secondary N) is 1. The van der Waals surface area contributed by atoms with Crippen molar-refractivity contribution >= 4 is 33.0 Å². The van der Waals surface area contributed by atoms with Crippen LogP contribution in [0, 0.1) is 6.92 Å². The first-order valence-electron chi connectivity index (χ1n) is 6.76. The second kappa shape index (κ2) is 5.10. The Bertz CT molecular complexity index is 817. The summed E-state index contributed by atoms with van der Waals surface area (Å²) in [5.41, 5.74) is 0.406. The highest BCUT2D eigenvalue weighted by atomic mass is 32.2. The Morgan fingerprint density at radius 1 is 1.23 bits per heavy atom. The molecule has 0 saturated heterocycles. The number of aliphatic carboxylic acids is 1. The lowest BCUT2D eigenvalue weighted by Crippen LogP contribution is -2.19. The summed E-state index contributed by atoms with van der Waals surface area (Å²) in [6, 6.07) is 7.83. The third-order valence-electron chi connectivity index (χ3n) is 3.98. The van der Waals surface area contributed by atoms with Crippen LogP contribution >= 0.6 is 11.3 Å². The molecule has 1 heterocycles. The van der Waals surface area contributed by atoms with E-state index in [9.17, 15) is 18.3 Å². The van der Waals surface area contributed by atoms with Gasteiger partial charge in [0.05, 0.1) is 16.0 Å². The van der Waals surface area contributed by atoms with Crippen LogP contribution in [0.15, 0.2) is 40.6 Å². The van der Waals surface area contributed by atoms with Crippen molar-refractivity contribution in [1.29, 1.82) is 0 Å². The molecule has 1 aromatic heterocycles. The topological polar surface area (TPSA) is 83.5 Å². The van der Waals surface area contributed by atoms with Gasteiger partial charge in [0.25, 0.3) is 10.0 Å². The fraction of sp³-hybridized carbons (Fsp3) is 0.267. The molecule has 3 rings (SSSR count). The zero-order valence-corrected chi connectivity index (χ0v) is 13.5. The number of sulfonamides is 1. The fourth-order valence-electron chi connectivity index (χ4n) is 2.40. The number of hydrogen-bond acceptors (Lipinski definition) is 4. The normalized spacial score (nSPS) is 16.2. The molecular formula is C15H15NO4S2. The minimum atomic E-state index is -3.66. The quantitative estimate of drug-likeness (QED) is 0.878. The molecule has 1 aromatic carbocycles. The first-order chi connectivity index (χ1) is 10.3. The lowest BCUT2D eigenvalue weighted by atomic mass is 9.96. The van der Waals surface area contributed by atoms with Crippen LogP contribution in [0.4, 0.5) is 5.69 Å². The summed E-state index contributed by atoms with van der Waals surface area (Å²) in [5.74, 6) is -0.852. The number of rotatable bonds is 5. The van der Waals surface area contributed by atoms with Crippen LogP contribution in [-0.4, -0.2) is 19.5 Å². The van der Waals surface area contributed by atoms with Gasteiger partial charge in [-0.15, -0.1) is 11.3 Å². The number of thiophene rings is 1. The van der Waals surface area contributed by atoms with Crippen molar-refractivity contribution in [3.05, 3.63) is 46.2 Å². The number of anilines is 1. The second-order valence-electron chi connectivity index (χ2n) is 5.41. The van der Waals surface area contributed by atoms with Crippen molar-refractivity contribution in [3.8, 4) is 0 Å². The standard InChI is InChI=1S/C15H15NO4S2/c1-10-13(6-9-21-10)16-22(19,20)12-4-2-11(3-5-12)15(7-8-15)14(17)18/h2-6,9,16H,7-8H2,1H3,(H,17,18). The molecule has 1 saturated carbocycles. The van der Waals surface area contributed by atoms with E-state index >= 15 is 0 Å². The van der Waals surface area contributed by atoms with E-state index in [2.05, 4.69) is 4.72 Å². The van der Waals surface area contributed by atoms with Gasteiger partial charge in [0.1, 0.15) is 0 Å². The van der Waals surface area contributed by atoms with E-state index in [1.165, 1.54) is 23.5 Å². The Morgan fingerprint density at radius 2 is 1.86 bits per heavy atom. The van der Waals surface area contributed by atoms with Gasteiger partial charge in [-0.1, -0.05) is 12.1 Å². The second-order valence-corrected chi connectivity index (χ2v) is 8.21. The van der Waals surface area contributed by atoms with E-state index in [1.807, 2.05) is 12.3 Å². The Kier molecular flexibility index (Phi) is 3.49. The minimum Gasteiger partial charge on any atom is -0.481 e. The van der Waals surface area contributed by atoms with Crippen LogP contribution in [0.1, 0.15) is 23.3 Å². The van der Waals surface area contributed by atoms with Crippen molar-refractivity contribution in [2.24, 2.45) is 0 Å². The maximum Gasteiger partial charge on any atom is 0.314 e. The Balaban J connectivity index is 1.86. The SMILES string of the molecule is Cc1sccc1NS(=O)(=O)c1ccc(C2(C(=O)O)CC2)cc1. The molecule has 116 valence electrons. The summed E-state index contributed by atoms with van der Waals surface area (Å²) in [6.45, 7) is 1.84. The summed E-state index contributed by atoms with van der Waals surface area (Å²) < 4.78 is 27.2. The molecular weight excluding hydrogens is 322 g/mol. The molecule has 0 bridgehead atoms. The Labute approximate surface area is 132 Å². The van der Waals surface area contributed by atoms with E-state index in [-0.39, 0.29) is 4.90 Å². The summed E-state index contributed by atoms with van der Waals surface area (Å²) in [7, 11) is -3.66.